The van der Waals surface area contributed by atoms with E-state index >= 15 is 0 Å². The maximum Gasteiger partial charge on any atom is 0.329 e. The number of hydrogen-bond acceptors (Lipinski definition) is 5. The Bertz CT molecular complexity index is 1460. The smallest absolute Gasteiger partial charge is 0.329 e. The number of aromatic nitrogens is 4. The predicted octanol–water partition coefficient (Wildman–Crippen LogP) is 2.24. The number of aromatic amines is 1. The fraction of sp³-hybridized carbons (Fsp3) is 0.320. The quantitative estimate of drug-likeness (QED) is 0.492. The van der Waals surface area contributed by atoms with Gasteiger partial charge in [-0.15, -0.1) is 0 Å². The number of H-pyrrole nitrogens is 1. The van der Waals surface area contributed by atoms with Gasteiger partial charge in [0.2, 0.25) is 5.95 Å². The van der Waals surface area contributed by atoms with Crippen molar-refractivity contribution in [2.75, 3.05) is 31.1 Å². The van der Waals surface area contributed by atoms with Crippen LogP contribution in [0.4, 0.5) is 10.3 Å². The number of nitrogens with one attached hydrogen (secondary N) is 1. The van der Waals surface area contributed by atoms with E-state index in [-0.39, 0.29) is 17.9 Å². The van der Waals surface area contributed by atoms with Gasteiger partial charge in [-0.25, -0.2) is 9.18 Å². The Morgan fingerprint density at radius 1 is 0.941 bits per heavy atom. The van der Waals surface area contributed by atoms with Crippen molar-refractivity contribution in [3.8, 4) is 0 Å². The molecule has 0 saturated carbocycles. The fourth-order valence-corrected chi connectivity index (χ4v) is 4.55. The molecule has 176 valence electrons. The van der Waals surface area contributed by atoms with Gasteiger partial charge in [-0.1, -0.05) is 42.5 Å². The number of piperazine rings is 1. The molecule has 34 heavy (non-hydrogen) atoms. The summed E-state index contributed by atoms with van der Waals surface area (Å²) in [5, 5.41) is 0. The zero-order valence-electron chi connectivity index (χ0n) is 19.3. The molecule has 0 spiro atoms. The first kappa shape index (κ1) is 22.1. The molecule has 1 aliphatic rings. The van der Waals surface area contributed by atoms with Crippen LogP contribution in [0.1, 0.15) is 16.7 Å². The zero-order valence-corrected chi connectivity index (χ0v) is 19.3. The normalized spacial score (nSPS) is 14.7. The standard InChI is InChI=1S/C25H27FN6O2/c1-17-7-3-4-8-18(17)15-30-11-13-31(14-12-30)24-27-22-21(23(33)28-25(34)29(22)2)32(24)16-19-9-5-6-10-20(19)26/h3-10H,11-16H2,1-2H3,(H,28,33,34). The van der Waals surface area contributed by atoms with Gasteiger partial charge in [0.05, 0.1) is 6.54 Å². The van der Waals surface area contributed by atoms with Crippen LogP contribution in [0.25, 0.3) is 11.2 Å². The highest BCUT2D eigenvalue weighted by molar-refractivity contribution is 5.74. The number of hydrogen-bond donors (Lipinski definition) is 1. The molecule has 2 aromatic heterocycles. The number of aryl methyl sites for hydroxylation is 2. The lowest BCUT2D eigenvalue weighted by Gasteiger charge is -2.35. The molecule has 2 aromatic carbocycles. The van der Waals surface area contributed by atoms with E-state index < -0.39 is 11.2 Å². The summed E-state index contributed by atoms with van der Waals surface area (Å²) in [7, 11) is 1.57. The van der Waals surface area contributed by atoms with Crippen molar-refractivity contribution in [1.29, 1.82) is 0 Å². The number of fused-ring (bicyclic) bond motifs is 1. The Hall–Kier alpha value is -3.72. The summed E-state index contributed by atoms with van der Waals surface area (Å²) in [5.74, 6) is 0.222. The van der Waals surface area contributed by atoms with Crippen molar-refractivity contribution >= 4 is 17.1 Å². The van der Waals surface area contributed by atoms with Crippen molar-refractivity contribution in [3.63, 3.8) is 0 Å². The molecule has 1 N–H and O–H groups in total. The zero-order chi connectivity index (χ0) is 23.8. The summed E-state index contributed by atoms with van der Waals surface area (Å²) in [5.41, 5.74) is 2.55. The van der Waals surface area contributed by atoms with Gasteiger partial charge in [0.1, 0.15) is 5.82 Å². The van der Waals surface area contributed by atoms with Crippen LogP contribution in [-0.4, -0.2) is 50.2 Å². The summed E-state index contributed by atoms with van der Waals surface area (Å²) < 4.78 is 17.5. The number of nitrogens with zero attached hydrogens (tertiary/aromatic N) is 5. The Morgan fingerprint density at radius 3 is 2.32 bits per heavy atom. The van der Waals surface area contributed by atoms with Crippen molar-refractivity contribution < 1.29 is 4.39 Å². The third-order valence-electron chi connectivity index (χ3n) is 6.58. The van der Waals surface area contributed by atoms with Crippen LogP contribution in [0.15, 0.2) is 58.1 Å². The summed E-state index contributed by atoms with van der Waals surface area (Å²) >= 11 is 0. The molecule has 3 heterocycles. The van der Waals surface area contributed by atoms with Crippen molar-refractivity contribution in [3.05, 3.63) is 91.9 Å². The molecule has 0 radical (unpaired) electrons. The first-order chi connectivity index (χ1) is 16.4. The molecular formula is C25H27FN6O2. The molecule has 1 aliphatic heterocycles. The first-order valence-electron chi connectivity index (χ1n) is 11.4. The SMILES string of the molecule is Cc1ccccc1CN1CCN(c2nc3c(c(=O)[nH]c(=O)n3C)n2Cc2ccccc2F)CC1. The van der Waals surface area contributed by atoms with Gasteiger partial charge in [-0.2, -0.15) is 4.98 Å². The molecule has 1 fully saturated rings. The van der Waals surface area contributed by atoms with E-state index in [1.54, 1.807) is 29.8 Å². The van der Waals surface area contributed by atoms with Crippen LogP contribution in [0, 0.1) is 12.7 Å². The molecule has 0 amide bonds. The molecule has 0 aliphatic carbocycles. The van der Waals surface area contributed by atoms with E-state index in [1.165, 1.54) is 21.8 Å². The minimum absolute atomic E-state index is 0.142. The topological polar surface area (TPSA) is 79.2 Å². The maximum atomic E-state index is 14.5. The summed E-state index contributed by atoms with van der Waals surface area (Å²) in [6.45, 7) is 6.21. The summed E-state index contributed by atoms with van der Waals surface area (Å²) in [4.78, 5) is 36.5. The van der Waals surface area contributed by atoms with E-state index in [4.69, 9.17) is 4.98 Å². The number of benzene rings is 2. The van der Waals surface area contributed by atoms with Crippen molar-refractivity contribution in [1.82, 2.24) is 24.0 Å². The molecule has 1 saturated heterocycles. The maximum absolute atomic E-state index is 14.5. The molecule has 4 aromatic rings. The molecule has 0 atom stereocenters. The first-order valence-corrected chi connectivity index (χ1v) is 11.4. The highest BCUT2D eigenvalue weighted by Crippen LogP contribution is 2.24. The van der Waals surface area contributed by atoms with Crippen LogP contribution >= 0.6 is 0 Å². The molecule has 5 rings (SSSR count). The minimum atomic E-state index is -0.525. The third kappa shape index (κ3) is 4.03. The van der Waals surface area contributed by atoms with Crippen LogP contribution < -0.4 is 16.1 Å². The number of imidazole rings is 1. The molecular weight excluding hydrogens is 435 g/mol. The van der Waals surface area contributed by atoms with Gasteiger partial charge in [-0.05, 0) is 24.1 Å². The summed E-state index contributed by atoms with van der Waals surface area (Å²) in [6.07, 6.45) is 0. The van der Waals surface area contributed by atoms with E-state index in [0.29, 0.717) is 30.2 Å². The van der Waals surface area contributed by atoms with Crippen LogP contribution in [-0.2, 0) is 20.1 Å². The van der Waals surface area contributed by atoms with E-state index in [9.17, 15) is 14.0 Å². The monoisotopic (exact) mass is 462 g/mol. The van der Waals surface area contributed by atoms with E-state index in [2.05, 4.69) is 39.9 Å². The second-order valence-corrected chi connectivity index (χ2v) is 8.77. The predicted molar refractivity (Wildman–Crippen MR) is 130 cm³/mol. The largest absolute Gasteiger partial charge is 0.340 e. The van der Waals surface area contributed by atoms with Gasteiger partial charge in [0.25, 0.3) is 5.56 Å². The van der Waals surface area contributed by atoms with E-state index in [1.807, 2.05) is 6.07 Å². The van der Waals surface area contributed by atoms with Crippen molar-refractivity contribution in [2.24, 2.45) is 7.05 Å². The van der Waals surface area contributed by atoms with Gasteiger partial charge in [0.15, 0.2) is 11.2 Å². The van der Waals surface area contributed by atoms with Crippen molar-refractivity contribution in [2.45, 2.75) is 20.0 Å². The average Bonchev–Trinajstić information content (AvgIpc) is 3.21. The van der Waals surface area contributed by atoms with Gasteiger partial charge in [-0.3, -0.25) is 23.8 Å². The lowest BCUT2D eigenvalue weighted by atomic mass is 10.1. The number of halogens is 1. The fourth-order valence-electron chi connectivity index (χ4n) is 4.55. The lowest BCUT2D eigenvalue weighted by Crippen LogP contribution is -2.47. The molecule has 0 bridgehead atoms. The second kappa shape index (κ2) is 8.90. The highest BCUT2D eigenvalue weighted by Gasteiger charge is 2.25. The average molecular weight is 463 g/mol. The minimum Gasteiger partial charge on any atom is -0.340 e. The molecule has 0 unspecified atom stereocenters. The molecule has 8 nitrogen and oxygen atoms in total. The van der Waals surface area contributed by atoms with Crippen LogP contribution in [0.2, 0.25) is 0 Å². The van der Waals surface area contributed by atoms with Gasteiger partial charge >= 0.3 is 5.69 Å². The van der Waals surface area contributed by atoms with Crippen LogP contribution in [0.5, 0.6) is 0 Å². The third-order valence-corrected chi connectivity index (χ3v) is 6.58. The Balaban J connectivity index is 1.48. The molecule has 9 heteroatoms. The van der Waals surface area contributed by atoms with Gasteiger partial charge in [0, 0.05) is 45.3 Å². The Morgan fingerprint density at radius 2 is 1.62 bits per heavy atom. The Labute approximate surface area is 195 Å². The highest BCUT2D eigenvalue weighted by atomic mass is 19.1. The lowest BCUT2D eigenvalue weighted by molar-refractivity contribution is 0.248. The van der Waals surface area contributed by atoms with E-state index in [0.717, 1.165) is 19.6 Å². The Kier molecular flexibility index (Phi) is 5.79. The second-order valence-electron chi connectivity index (χ2n) is 8.77. The number of anilines is 1. The summed E-state index contributed by atoms with van der Waals surface area (Å²) in [6, 6.07) is 14.9. The van der Waals surface area contributed by atoms with Gasteiger partial charge < -0.3 is 4.90 Å². The van der Waals surface area contributed by atoms with Crippen LogP contribution in [0.3, 0.4) is 0 Å². The number of rotatable bonds is 5.